The van der Waals surface area contributed by atoms with Gasteiger partial charge < -0.3 is 5.32 Å². The first-order valence-electron chi connectivity index (χ1n) is 7.27. The highest BCUT2D eigenvalue weighted by Crippen LogP contribution is 2.41. The number of nitrogens with one attached hydrogen (secondary N) is 3. The Morgan fingerprint density at radius 2 is 2.25 bits per heavy atom. The third kappa shape index (κ3) is 4.07. The summed E-state index contributed by atoms with van der Waals surface area (Å²) in [5, 5.41) is 5.68. The number of nitrogens with zero attached hydrogens (tertiary/aromatic N) is 1. The van der Waals surface area contributed by atoms with Crippen LogP contribution in [-0.2, 0) is 4.79 Å². The lowest BCUT2D eigenvalue weighted by molar-refractivity contribution is -0.118. The molecule has 2 heterocycles. The topological polar surface area (TPSA) is 66.0 Å². The van der Waals surface area contributed by atoms with Crippen molar-refractivity contribution in [1.82, 2.24) is 14.4 Å². The average Bonchev–Trinajstić information content (AvgIpc) is 3.04. The van der Waals surface area contributed by atoms with E-state index in [4.69, 9.17) is 11.6 Å². The van der Waals surface area contributed by atoms with Crippen LogP contribution in [0, 0.1) is 5.82 Å². The van der Waals surface area contributed by atoms with E-state index >= 15 is 0 Å². The van der Waals surface area contributed by atoms with Crippen LogP contribution in [0.4, 0.5) is 10.1 Å². The number of carbonyl (C=O) groups is 1. The molecule has 0 radical (unpaired) electrons. The van der Waals surface area contributed by atoms with Crippen LogP contribution >= 0.6 is 33.3 Å². The Hall–Kier alpha value is -1.19. The van der Waals surface area contributed by atoms with Gasteiger partial charge >= 0.3 is 0 Å². The number of anilines is 1. The van der Waals surface area contributed by atoms with E-state index in [9.17, 15) is 9.18 Å². The molecule has 5 nitrogen and oxygen atoms in total. The zero-order chi connectivity index (χ0) is 17.3. The number of halogens is 2. The molecule has 0 aliphatic carbocycles. The molecule has 0 bridgehead atoms. The van der Waals surface area contributed by atoms with E-state index < -0.39 is 16.2 Å². The summed E-state index contributed by atoms with van der Waals surface area (Å²) in [6.07, 6.45) is 6.47. The van der Waals surface area contributed by atoms with Gasteiger partial charge in [0.25, 0.3) is 0 Å². The second-order valence-corrected chi connectivity index (χ2v) is 10.4. The molecule has 1 saturated heterocycles. The maximum Gasteiger partial charge on any atom is 0.242 e. The summed E-state index contributed by atoms with van der Waals surface area (Å²) in [6.45, 7) is 0. The monoisotopic (exact) mass is 388 g/mol. The molecular weight excluding hydrogens is 371 g/mol. The predicted molar refractivity (Wildman–Crippen MR) is 99.0 cm³/mol. The first kappa shape index (κ1) is 17.6. The Morgan fingerprint density at radius 3 is 2.92 bits per heavy atom. The summed E-state index contributed by atoms with van der Waals surface area (Å²) in [5.41, 5.74) is 0.477. The van der Waals surface area contributed by atoms with Crippen LogP contribution in [0.25, 0.3) is 0 Å². The van der Waals surface area contributed by atoms with Crippen molar-refractivity contribution in [2.45, 2.75) is 18.5 Å². The lowest BCUT2D eigenvalue weighted by atomic mass is 10.1. The Morgan fingerprint density at radius 1 is 1.46 bits per heavy atom. The van der Waals surface area contributed by atoms with Crippen molar-refractivity contribution in [3.63, 3.8) is 0 Å². The van der Waals surface area contributed by atoms with Crippen LogP contribution in [0.5, 0.6) is 0 Å². The van der Waals surface area contributed by atoms with E-state index in [0.29, 0.717) is 12.1 Å². The standard InChI is InChI=1S/C15H18ClFN4OS2/c1-24(2)20-12(8-13(21-24)15-18-5-6-23-15)14(22)19-9-3-4-11(17)10(16)7-9/h3-7,12-13,20-21H,8H2,1-2H3,(H,19,22). The average molecular weight is 389 g/mol. The molecule has 3 N–H and O–H groups in total. The summed E-state index contributed by atoms with van der Waals surface area (Å²) >= 11 is 7.34. The number of thiazole rings is 1. The summed E-state index contributed by atoms with van der Waals surface area (Å²) in [4.78, 5) is 17.0. The number of benzene rings is 1. The minimum absolute atomic E-state index is 0.0160. The largest absolute Gasteiger partial charge is 0.325 e. The highest BCUT2D eigenvalue weighted by molar-refractivity contribution is 8.29. The molecule has 2 aromatic rings. The molecule has 1 fully saturated rings. The SMILES string of the molecule is CS1(C)NC(C(=O)Nc2ccc(F)c(Cl)c2)CC(c2nccs2)N1. The van der Waals surface area contributed by atoms with Crippen LogP contribution in [0.15, 0.2) is 29.8 Å². The van der Waals surface area contributed by atoms with Gasteiger partial charge in [0.1, 0.15) is 10.8 Å². The van der Waals surface area contributed by atoms with Gasteiger partial charge in [-0.25, -0.2) is 9.37 Å². The maximum absolute atomic E-state index is 13.2. The molecule has 1 aliphatic rings. The Kier molecular flexibility index (Phi) is 5.12. The van der Waals surface area contributed by atoms with Gasteiger partial charge in [0.05, 0.1) is 17.1 Å². The van der Waals surface area contributed by atoms with E-state index in [1.165, 1.54) is 18.2 Å². The fourth-order valence-electron chi connectivity index (χ4n) is 2.60. The number of aromatic nitrogens is 1. The van der Waals surface area contributed by atoms with Crippen LogP contribution < -0.4 is 14.8 Å². The Balaban J connectivity index is 1.74. The van der Waals surface area contributed by atoms with Gasteiger partial charge in [0, 0.05) is 17.3 Å². The normalized spacial score (nSPS) is 24.3. The number of rotatable bonds is 3. The Bertz CT molecular complexity index is 741. The van der Waals surface area contributed by atoms with E-state index in [1.54, 1.807) is 17.5 Å². The highest BCUT2D eigenvalue weighted by Gasteiger charge is 2.35. The minimum atomic E-state index is -1.34. The number of hydrogen-bond acceptors (Lipinski definition) is 5. The van der Waals surface area contributed by atoms with E-state index in [-0.39, 0.29) is 23.0 Å². The fraction of sp³-hybridized carbons (Fsp3) is 0.333. The predicted octanol–water partition coefficient (Wildman–Crippen LogP) is 3.46. The van der Waals surface area contributed by atoms with Crippen LogP contribution in [-0.4, -0.2) is 29.4 Å². The molecule has 3 rings (SSSR count). The number of amides is 1. The van der Waals surface area contributed by atoms with Crippen molar-refractivity contribution >= 4 is 44.9 Å². The summed E-state index contributed by atoms with van der Waals surface area (Å²) in [7, 11) is -1.34. The van der Waals surface area contributed by atoms with Gasteiger partial charge in [-0.15, -0.1) is 21.7 Å². The first-order valence-corrected chi connectivity index (χ1v) is 11.0. The zero-order valence-corrected chi connectivity index (χ0v) is 15.6. The fourth-order valence-corrected chi connectivity index (χ4v) is 5.46. The maximum atomic E-state index is 13.2. The van der Waals surface area contributed by atoms with Gasteiger partial charge in [0.2, 0.25) is 5.91 Å². The lowest BCUT2D eigenvalue weighted by Gasteiger charge is -2.45. The molecule has 9 heteroatoms. The second kappa shape index (κ2) is 6.97. The Labute approximate surface area is 150 Å². The van der Waals surface area contributed by atoms with Crippen molar-refractivity contribution in [3.8, 4) is 0 Å². The van der Waals surface area contributed by atoms with Gasteiger partial charge in [-0.3, -0.25) is 14.2 Å². The number of hydrogen-bond donors (Lipinski definition) is 3. The highest BCUT2D eigenvalue weighted by atomic mass is 35.5. The molecule has 2 atom stereocenters. The van der Waals surface area contributed by atoms with Crippen LogP contribution in [0.3, 0.4) is 0 Å². The molecule has 1 aromatic carbocycles. The van der Waals surface area contributed by atoms with Gasteiger partial charge in [-0.1, -0.05) is 11.6 Å². The molecule has 130 valence electrons. The first-order chi connectivity index (χ1) is 11.3. The van der Waals surface area contributed by atoms with Crippen molar-refractivity contribution in [2.75, 3.05) is 17.8 Å². The smallest absolute Gasteiger partial charge is 0.242 e. The van der Waals surface area contributed by atoms with Gasteiger partial charge in [0.15, 0.2) is 0 Å². The third-order valence-electron chi connectivity index (χ3n) is 3.60. The second-order valence-electron chi connectivity index (χ2n) is 5.89. The van der Waals surface area contributed by atoms with E-state index in [0.717, 1.165) is 5.01 Å². The zero-order valence-electron chi connectivity index (χ0n) is 13.2. The van der Waals surface area contributed by atoms with Crippen LogP contribution in [0.2, 0.25) is 5.02 Å². The van der Waals surface area contributed by atoms with Crippen molar-refractivity contribution in [1.29, 1.82) is 0 Å². The minimum Gasteiger partial charge on any atom is -0.325 e. The van der Waals surface area contributed by atoms with E-state index in [2.05, 4.69) is 32.3 Å². The lowest BCUT2D eigenvalue weighted by Crippen LogP contribution is -2.52. The summed E-state index contributed by atoms with van der Waals surface area (Å²) < 4.78 is 20.1. The number of carbonyl (C=O) groups excluding carboxylic acids is 1. The quantitative estimate of drug-likeness (QED) is 0.753. The summed E-state index contributed by atoms with van der Waals surface area (Å²) in [6, 6.07) is 3.81. The molecule has 1 aromatic heterocycles. The molecular formula is C15H18ClFN4OS2. The molecule has 1 amide bonds. The molecule has 1 aliphatic heterocycles. The van der Waals surface area contributed by atoms with Crippen molar-refractivity contribution in [3.05, 3.63) is 45.6 Å². The van der Waals surface area contributed by atoms with Crippen molar-refractivity contribution < 1.29 is 9.18 Å². The van der Waals surface area contributed by atoms with Crippen molar-refractivity contribution in [2.24, 2.45) is 0 Å². The molecule has 24 heavy (non-hydrogen) atoms. The molecule has 0 spiro atoms. The van der Waals surface area contributed by atoms with E-state index in [1.807, 2.05) is 5.38 Å². The summed E-state index contributed by atoms with van der Waals surface area (Å²) in [5.74, 6) is -0.676. The van der Waals surface area contributed by atoms with Crippen LogP contribution in [0.1, 0.15) is 17.5 Å². The van der Waals surface area contributed by atoms with Gasteiger partial charge in [-0.05, 0) is 37.1 Å². The third-order valence-corrected chi connectivity index (χ3v) is 6.52. The molecule has 2 unspecified atom stereocenters. The van der Waals surface area contributed by atoms with Gasteiger partial charge in [-0.2, -0.15) is 0 Å². The molecule has 0 saturated carbocycles.